The third-order valence-corrected chi connectivity index (χ3v) is 4.09. The predicted octanol–water partition coefficient (Wildman–Crippen LogP) is 3.96. The number of hydrogen-bond donors (Lipinski definition) is 1. The second kappa shape index (κ2) is 7.31. The van der Waals surface area contributed by atoms with E-state index >= 15 is 0 Å². The maximum Gasteiger partial charge on any atom is 0.255 e. The van der Waals surface area contributed by atoms with Crippen LogP contribution in [0.25, 0.3) is 0 Å². The second-order valence-electron chi connectivity index (χ2n) is 4.78. The molecule has 0 aromatic heterocycles. The Kier molecular flexibility index (Phi) is 5.44. The van der Waals surface area contributed by atoms with E-state index in [1.807, 2.05) is 31.2 Å². The van der Waals surface area contributed by atoms with E-state index in [0.29, 0.717) is 17.1 Å². The van der Waals surface area contributed by atoms with Gasteiger partial charge in [0.05, 0.1) is 25.8 Å². The molecule has 4 nitrogen and oxygen atoms in total. The predicted molar refractivity (Wildman–Crippen MR) is 89.6 cm³/mol. The number of rotatable bonds is 5. The lowest BCUT2D eigenvalue weighted by atomic mass is 10.1. The van der Waals surface area contributed by atoms with Gasteiger partial charge in [0.25, 0.3) is 5.91 Å². The van der Waals surface area contributed by atoms with Gasteiger partial charge in [0.2, 0.25) is 0 Å². The second-order valence-corrected chi connectivity index (χ2v) is 5.64. The Morgan fingerprint density at radius 1 is 1.14 bits per heavy atom. The van der Waals surface area contributed by atoms with Crippen molar-refractivity contribution in [1.82, 2.24) is 5.32 Å². The maximum absolute atomic E-state index is 12.5. The van der Waals surface area contributed by atoms with Crippen LogP contribution in [0.1, 0.15) is 28.9 Å². The van der Waals surface area contributed by atoms with Crippen molar-refractivity contribution in [2.75, 3.05) is 14.2 Å². The molecule has 22 heavy (non-hydrogen) atoms. The Morgan fingerprint density at radius 2 is 1.86 bits per heavy atom. The van der Waals surface area contributed by atoms with E-state index in [2.05, 4.69) is 21.2 Å². The van der Waals surface area contributed by atoms with Gasteiger partial charge in [-0.2, -0.15) is 0 Å². The molecular weight excluding hydrogens is 346 g/mol. The Labute approximate surface area is 138 Å². The Bertz CT molecular complexity index is 673. The quantitative estimate of drug-likeness (QED) is 0.874. The molecule has 0 bridgehead atoms. The van der Waals surface area contributed by atoms with Gasteiger partial charge in [-0.15, -0.1) is 0 Å². The van der Waals surface area contributed by atoms with Crippen LogP contribution in [0.15, 0.2) is 46.9 Å². The van der Waals surface area contributed by atoms with Crippen LogP contribution in [0.5, 0.6) is 11.5 Å². The van der Waals surface area contributed by atoms with E-state index in [4.69, 9.17) is 9.47 Å². The van der Waals surface area contributed by atoms with E-state index in [9.17, 15) is 4.79 Å². The highest BCUT2D eigenvalue weighted by Crippen LogP contribution is 2.26. The number of carbonyl (C=O) groups excluding carboxylic acids is 1. The van der Waals surface area contributed by atoms with Gasteiger partial charge in [0.15, 0.2) is 0 Å². The molecule has 116 valence electrons. The average Bonchev–Trinajstić information content (AvgIpc) is 2.54. The van der Waals surface area contributed by atoms with Crippen LogP contribution in [0.3, 0.4) is 0 Å². The number of hydrogen-bond acceptors (Lipinski definition) is 3. The van der Waals surface area contributed by atoms with Gasteiger partial charge in [-0.1, -0.05) is 34.1 Å². The van der Waals surface area contributed by atoms with E-state index in [-0.39, 0.29) is 11.9 Å². The summed E-state index contributed by atoms with van der Waals surface area (Å²) in [5.41, 5.74) is 1.49. The molecule has 1 atom stereocenters. The summed E-state index contributed by atoms with van der Waals surface area (Å²) in [6.07, 6.45) is 0. The highest BCUT2D eigenvalue weighted by molar-refractivity contribution is 9.10. The lowest BCUT2D eigenvalue weighted by Crippen LogP contribution is -2.27. The largest absolute Gasteiger partial charge is 0.497 e. The summed E-state index contributed by atoms with van der Waals surface area (Å²) in [7, 11) is 3.10. The first-order valence-corrected chi connectivity index (χ1v) is 7.63. The molecule has 0 saturated heterocycles. The molecule has 0 saturated carbocycles. The fraction of sp³-hybridized carbons (Fsp3) is 0.235. The molecule has 0 radical (unpaired) electrons. The minimum Gasteiger partial charge on any atom is -0.497 e. The molecule has 0 fully saturated rings. The number of benzene rings is 2. The molecule has 0 aliphatic rings. The van der Waals surface area contributed by atoms with Crippen LogP contribution in [-0.2, 0) is 0 Å². The molecule has 2 rings (SSSR count). The number of amides is 1. The molecule has 5 heteroatoms. The van der Waals surface area contributed by atoms with Crippen molar-refractivity contribution in [3.63, 3.8) is 0 Å². The molecule has 1 amide bonds. The summed E-state index contributed by atoms with van der Waals surface area (Å²) in [6, 6.07) is 12.8. The van der Waals surface area contributed by atoms with Crippen molar-refractivity contribution in [2.24, 2.45) is 0 Å². The summed E-state index contributed by atoms with van der Waals surface area (Å²) in [5.74, 6) is 0.936. The van der Waals surface area contributed by atoms with Gasteiger partial charge in [0, 0.05) is 10.5 Å². The van der Waals surface area contributed by atoms with Gasteiger partial charge < -0.3 is 14.8 Å². The summed E-state index contributed by atoms with van der Waals surface area (Å²) >= 11 is 3.50. The van der Waals surface area contributed by atoms with E-state index < -0.39 is 0 Å². The number of halogens is 1. The van der Waals surface area contributed by atoms with Gasteiger partial charge >= 0.3 is 0 Å². The molecule has 0 unspecified atom stereocenters. The fourth-order valence-electron chi connectivity index (χ4n) is 2.16. The molecule has 0 spiro atoms. The average molecular weight is 364 g/mol. The first-order valence-electron chi connectivity index (χ1n) is 6.84. The summed E-state index contributed by atoms with van der Waals surface area (Å²) < 4.78 is 11.4. The Balaban J connectivity index is 2.20. The molecular formula is C17H18BrNO3. The van der Waals surface area contributed by atoms with Crippen molar-refractivity contribution in [3.8, 4) is 11.5 Å². The lowest BCUT2D eigenvalue weighted by molar-refractivity contribution is 0.0936. The zero-order valence-corrected chi connectivity index (χ0v) is 14.3. The Morgan fingerprint density at radius 3 is 2.50 bits per heavy atom. The first kappa shape index (κ1) is 16.4. The lowest BCUT2D eigenvalue weighted by Gasteiger charge is -2.17. The third kappa shape index (κ3) is 3.60. The number of ether oxygens (including phenoxy) is 2. The van der Waals surface area contributed by atoms with Gasteiger partial charge in [-0.25, -0.2) is 0 Å². The zero-order chi connectivity index (χ0) is 16.1. The normalized spacial score (nSPS) is 11.6. The molecule has 2 aromatic rings. The summed E-state index contributed by atoms with van der Waals surface area (Å²) in [4.78, 5) is 12.5. The number of nitrogens with one attached hydrogen (secondary N) is 1. The fourth-order valence-corrected chi connectivity index (χ4v) is 2.79. The topological polar surface area (TPSA) is 47.6 Å². The van der Waals surface area contributed by atoms with Crippen molar-refractivity contribution >= 4 is 21.8 Å². The minimum absolute atomic E-state index is 0.130. The monoisotopic (exact) mass is 363 g/mol. The van der Waals surface area contributed by atoms with Gasteiger partial charge in [-0.3, -0.25) is 4.79 Å². The minimum atomic E-state index is -0.192. The highest BCUT2D eigenvalue weighted by Gasteiger charge is 2.17. The molecule has 2 aromatic carbocycles. The maximum atomic E-state index is 12.5. The summed E-state index contributed by atoms with van der Waals surface area (Å²) in [6.45, 7) is 1.94. The van der Waals surface area contributed by atoms with Gasteiger partial charge in [0.1, 0.15) is 11.5 Å². The molecule has 0 aliphatic heterocycles. The third-order valence-electron chi connectivity index (χ3n) is 3.37. The van der Waals surface area contributed by atoms with Crippen LogP contribution in [0, 0.1) is 0 Å². The van der Waals surface area contributed by atoms with E-state index in [0.717, 1.165) is 10.0 Å². The first-order chi connectivity index (χ1) is 10.6. The standard InChI is InChI=1S/C17H18BrNO3/c1-11(13-6-4-5-7-15(13)18)19-17(20)14-9-8-12(21-2)10-16(14)22-3/h4-11H,1-3H3,(H,19,20)/t11-/m1/s1. The number of carbonyl (C=O) groups is 1. The van der Waals surface area contributed by atoms with Crippen LogP contribution < -0.4 is 14.8 Å². The van der Waals surface area contributed by atoms with Crippen molar-refractivity contribution in [1.29, 1.82) is 0 Å². The van der Waals surface area contributed by atoms with Crippen LogP contribution in [0.2, 0.25) is 0 Å². The SMILES string of the molecule is COc1ccc(C(=O)N[C@H](C)c2ccccc2Br)c(OC)c1. The van der Waals surface area contributed by atoms with Gasteiger partial charge in [-0.05, 0) is 30.7 Å². The van der Waals surface area contributed by atoms with Crippen LogP contribution >= 0.6 is 15.9 Å². The highest BCUT2D eigenvalue weighted by atomic mass is 79.9. The smallest absolute Gasteiger partial charge is 0.255 e. The molecule has 1 N–H and O–H groups in total. The van der Waals surface area contributed by atoms with Crippen molar-refractivity contribution < 1.29 is 14.3 Å². The van der Waals surface area contributed by atoms with Crippen molar-refractivity contribution in [3.05, 3.63) is 58.1 Å². The zero-order valence-electron chi connectivity index (χ0n) is 12.7. The van der Waals surface area contributed by atoms with Crippen LogP contribution in [-0.4, -0.2) is 20.1 Å². The molecule has 0 aliphatic carbocycles. The summed E-state index contributed by atoms with van der Waals surface area (Å²) in [5, 5.41) is 2.98. The number of methoxy groups -OCH3 is 2. The molecule has 0 heterocycles. The van der Waals surface area contributed by atoms with Crippen molar-refractivity contribution in [2.45, 2.75) is 13.0 Å². The Hall–Kier alpha value is -2.01. The van der Waals surface area contributed by atoms with E-state index in [1.165, 1.54) is 7.11 Å². The van der Waals surface area contributed by atoms with Crippen LogP contribution in [0.4, 0.5) is 0 Å². The van der Waals surface area contributed by atoms with E-state index in [1.54, 1.807) is 25.3 Å².